The van der Waals surface area contributed by atoms with Crippen LogP contribution in [0.5, 0.6) is 0 Å². The summed E-state index contributed by atoms with van der Waals surface area (Å²) in [6.45, 7) is 1.44. The molecule has 0 radical (unpaired) electrons. The Kier molecular flexibility index (Phi) is 5.16. The normalized spacial score (nSPS) is 23.2. The Morgan fingerprint density at radius 1 is 1.37 bits per heavy atom. The lowest BCUT2D eigenvalue weighted by atomic mass is 9.97. The van der Waals surface area contributed by atoms with E-state index in [1.807, 2.05) is 6.92 Å². The molecular formula is C11H18F3N3O2. The highest BCUT2D eigenvalue weighted by Crippen LogP contribution is 2.18. The Morgan fingerprint density at radius 3 is 2.47 bits per heavy atom. The van der Waals surface area contributed by atoms with Crippen molar-refractivity contribution in [3.05, 3.63) is 0 Å². The van der Waals surface area contributed by atoms with Crippen molar-refractivity contribution in [2.45, 2.75) is 13.1 Å². The second kappa shape index (κ2) is 6.23. The van der Waals surface area contributed by atoms with Crippen molar-refractivity contribution in [2.75, 3.05) is 33.2 Å². The monoisotopic (exact) mass is 281 g/mol. The molecule has 0 saturated carbocycles. The summed E-state index contributed by atoms with van der Waals surface area (Å²) in [5, 5.41) is 4.80. The Morgan fingerprint density at radius 2 is 2.00 bits per heavy atom. The number of carbonyl (C=O) groups excluding carboxylic acids is 2. The minimum absolute atomic E-state index is 0.160. The fourth-order valence-electron chi connectivity index (χ4n) is 1.97. The molecule has 1 heterocycles. The highest BCUT2D eigenvalue weighted by molar-refractivity contribution is 5.86. The first kappa shape index (κ1) is 15.7. The first-order valence-electron chi connectivity index (χ1n) is 6.00. The topological polar surface area (TPSA) is 61.4 Å². The largest absolute Gasteiger partial charge is 0.405 e. The van der Waals surface area contributed by atoms with Crippen molar-refractivity contribution >= 4 is 11.8 Å². The average Bonchev–Trinajstić information content (AvgIpc) is 2.71. The van der Waals surface area contributed by atoms with E-state index in [-0.39, 0.29) is 24.3 Å². The zero-order valence-corrected chi connectivity index (χ0v) is 10.9. The molecule has 1 fully saturated rings. The summed E-state index contributed by atoms with van der Waals surface area (Å²) in [4.78, 5) is 24.4. The van der Waals surface area contributed by atoms with E-state index in [1.165, 1.54) is 11.9 Å². The number of likely N-dealkylation sites (N-methyl/N-ethyl adjacent to an activating group) is 1. The zero-order chi connectivity index (χ0) is 14.6. The molecule has 2 N–H and O–H groups in total. The zero-order valence-electron chi connectivity index (χ0n) is 10.9. The maximum Gasteiger partial charge on any atom is 0.405 e. The van der Waals surface area contributed by atoms with Crippen molar-refractivity contribution in [2.24, 2.45) is 11.8 Å². The minimum atomic E-state index is -4.44. The van der Waals surface area contributed by atoms with E-state index in [1.54, 1.807) is 5.32 Å². The van der Waals surface area contributed by atoms with Gasteiger partial charge in [-0.05, 0) is 12.5 Å². The van der Waals surface area contributed by atoms with Crippen molar-refractivity contribution < 1.29 is 22.8 Å². The number of alkyl halides is 3. The molecule has 5 nitrogen and oxygen atoms in total. The predicted octanol–water partition coefficient (Wildman–Crippen LogP) is -0.0212. The van der Waals surface area contributed by atoms with Crippen LogP contribution >= 0.6 is 0 Å². The van der Waals surface area contributed by atoms with Crippen LogP contribution < -0.4 is 10.6 Å². The molecule has 0 unspecified atom stereocenters. The van der Waals surface area contributed by atoms with E-state index in [9.17, 15) is 22.8 Å². The third-order valence-electron chi connectivity index (χ3n) is 3.08. The molecule has 0 aromatic carbocycles. The Balaban J connectivity index is 2.39. The van der Waals surface area contributed by atoms with Crippen LogP contribution in [0, 0.1) is 11.8 Å². The summed E-state index contributed by atoms with van der Waals surface area (Å²) >= 11 is 0. The molecule has 0 aliphatic carbocycles. The van der Waals surface area contributed by atoms with Gasteiger partial charge < -0.3 is 15.5 Å². The first-order chi connectivity index (χ1) is 8.70. The molecule has 8 heteroatoms. The summed E-state index contributed by atoms with van der Waals surface area (Å²) < 4.78 is 35.7. The van der Waals surface area contributed by atoms with Gasteiger partial charge in [-0.15, -0.1) is 0 Å². The highest BCUT2D eigenvalue weighted by atomic mass is 19.4. The summed E-state index contributed by atoms with van der Waals surface area (Å²) in [7, 11) is 1.42. The smallest absolute Gasteiger partial charge is 0.345 e. The van der Waals surface area contributed by atoms with E-state index < -0.39 is 18.6 Å². The summed E-state index contributed by atoms with van der Waals surface area (Å²) in [5.41, 5.74) is 0. The number of carbonyl (C=O) groups is 2. The molecule has 1 aliphatic rings. The van der Waals surface area contributed by atoms with Gasteiger partial charge in [0, 0.05) is 13.6 Å². The van der Waals surface area contributed by atoms with Gasteiger partial charge in [-0.25, -0.2) is 0 Å². The van der Waals surface area contributed by atoms with Gasteiger partial charge in [-0.3, -0.25) is 9.59 Å². The van der Waals surface area contributed by atoms with Gasteiger partial charge in [-0.2, -0.15) is 13.2 Å². The van der Waals surface area contributed by atoms with Crippen LogP contribution in [-0.2, 0) is 9.59 Å². The van der Waals surface area contributed by atoms with E-state index in [0.29, 0.717) is 6.54 Å². The van der Waals surface area contributed by atoms with Crippen LogP contribution in [0.4, 0.5) is 13.2 Å². The highest BCUT2D eigenvalue weighted by Gasteiger charge is 2.32. The molecule has 1 rings (SSSR count). The maximum atomic E-state index is 12.0. The average molecular weight is 281 g/mol. The molecule has 0 spiro atoms. The van der Waals surface area contributed by atoms with Crippen LogP contribution in [-0.4, -0.2) is 56.1 Å². The predicted molar refractivity (Wildman–Crippen MR) is 62.2 cm³/mol. The second-order valence-corrected chi connectivity index (χ2v) is 4.83. The number of nitrogens with zero attached hydrogens (tertiary/aromatic N) is 1. The third-order valence-corrected chi connectivity index (χ3v) is 3.08. The molecule has 19 heavy (non-hydrogen) atoms. The lowest BCUT2D eigenvalue weighted by Crippen LogP contribution is -2.44. The van der Waals surface area contributed by atoms with Crippen molar-refractivity contribution in [1.29, 1.82) is 0 Å². The summed E-state index contributed by atoms with van der Waals surface area (Å²) in [5.74, 6) is -1.10. The number of hydrogen-bond donors (Lipinski definition) is 2. The molecule has 0 bridgehead atoms. The van der Waals surface area contributed by atoms with E-state index in [4.69, 9.17) is 0 Å². The Bertz CT molecular complexity index is 347. The lowest BCUT2D eigenvalue weighted by Gasteiger charge is -2.22. The van der Waals surface area contributed by atoms with Crippen molar-refractivity contribution in [3.63, 3.8) is 0 Å². The molecule has 0 aromatic rings. The summed E-state index contributed by atoms with van der Waals surface area (Å²) in [6, 6.07) is 0. The quantitative estimate of drug-likeness (QED) is 0.761. The Labute approximate surface area is 109 Å². The summed E-state index contributed by atoms with van der Waals surface area (Å²) in [6.07, 6.45) is -4.44. The molecule has 1 saturated heterocycles. The number of rotatable bonds is 4. The third kappa shape index (κ3) is 5.06. The van der Waals surface area contributed by atoms with Crippen LogP contribution in [0.1, 0.15) is 6.92 Å². The van der Waals surface area contributed by atoms with E-state index in [0.717, 1.165) is 6.54 Å². The molecule has 1 aliphatic heterocycles. The van der Waals surface area contributed by atoms with Crippen molar-refractivity contribution in [1.82, 2.24) is 15.5 Å². The maximum absolute atomic E-state index is 12.0. The molecule has 110 valence electrons. The minimum Gasteiger partial charge on any atom is -0.345 e. The van der Waals surface area contributed by atoms with Crippen LogP contribution in [0.25, 0.3) is 0 Å². The van der Waals surface area contributed by atoms with Crippen LogP contribution in [0.15, 0.2) is 0 Å². The number of hydrogen-bond acceptors (Lipinski definition) is 3. The van der Waals surface area contributed by atoms with Gasteiger partial charge >= 0.3 is 6.18 Å². The fourth-order valence-corrected chi connectivity index (χ4v) is 1.97. The van der Waals surface area contributed by atoms with Gasteiger partial charge in [0.15, 0.2) is 0 Å². The van der Waals surface area contributed by atoms with Gasteiger partial charge in [0.2, 0.25) is 11.8 Å². The van der Waals surface area contributed by atoms with Crippen molar-refractivity contribution in [3.8, 4) is 0 Å². The van der Waals surface area contributed by atoms with Gasteiger partial charge in [-0.1, -0.05) is 6.92 Å². The number of halogens is 3. The second-order valence-electron chi connectivity index (χ2n) is 4.83. The molecule has 2 atom stereocenters. The number of amides is 2. The molecule has 2 amide bonds. The fraction of sp³-hybridized carbons (Fsp3) is 0.818. The molecule has 0 aromatic heterocycles. The van der Waals surface area contributed by atoms with E-state index >= 15 is 0 Å². The van der Waals surface area contributed by atoms with E-state index in [2.05, 4.69) is 5.32 Å². The standard InChI is InChI=1S/C11H18F3N3O2/c1-7-3-15-4-8(7)10(19)17(2)5-9(18)16-6-11(12,13)14/h7-8,15H,3-6H2,1-2H3,(H,16,18)/t7-,8-/m1/s1. The van der Waals surface area contributed by atoms with Gasteiger partial charge in [0.25, 0.3) is 0 Å². The Hall–Kier alpha value is -1.31. The number of nitrogens with one attached hydrogen (secondary N) is 2. The van der Waals surface area contributed by atoms with Crippen LogP contribution in [0.2, 0.25) is 0 Å². The van der Waals surface area contributed by atoms with Gasteiger partial charge in [0.1, 0.15) is 6.54 Å². The van der Waals surface area contributed by atoms with Crippen LogP contribution in [0.3, 0.4) is 0 Å². The SMILES string of the molecule is C[C@@H]1CNC[C@H]1C(=O)N(C)CC(=O)NCC(F)(F)F. The van der Waals surface area contributed by atoms with Gasteiger partial charge in [0.05, 0.1) is 12.5 Å². The first-order valence-corrected chi connectivity index (χ1v) is 6.00. The molecular weight excluding hydrogens is 263 g/mol. The lowest BCUT2D eigenvalue weighted by molar-refractivity contribution is -0.143.